The van der Waals surface area contributed by atoms with E-state index in [1.165, 1.54) is 9.13 Å². The van der Waals surface area contributed by atoms with Crippen molar-refractivity contribution >= 4 is 28.5 Å². The smallest absolute Gasteiger partial charge is 0.332 e. The van der Waals surface area contributed by atoms with Crippen molar-refractivity contribution in [3.63, 3.8) is 0 Å². The number of imidazole rings is 2. The highest BCUT2D eigenvalue weighted by Gasteiger charge is 2.22. The second kappa shape index (κ2) is 7.91. The molecule has 32 heavy (non-hydrogen) atoms. The summed E-state index contributed by atoms with van der Waals surface area (Å²) < 4.78 is 11.9. The van der Waals surface area contributed by atoms with Crippen LogP contribution >= 0.6 is 11.6 Å². The monoisotopic (exact) mass is 456 g/mol. The van der Waals surface area contributed by atoms with Gasteiger partial charge in [0.1, 0.15) is 0 Å². The maximum Gasteiger partial charge on any atom is 0.332 e. The van der Waals surface area contributed by atoms with Crippen molar-refractivity contribution in [2.75, 3.05) is 32.8 Å². The highest BCUT2D eigenvalue weighted by molar-refractivity contribution is 6.30. The maximum atomic E-state index is 13.4. The van der Waals surface area contributed by atoms with Crippen LogP contribution in [0, 0.1) is 13.8 Å². The first-order chi connectivity index (χ1) is 15.4. The van der Waals surface area contributed by atoms with Crippen molar-refractivity contribution in [1.82, 2.24) is 28.0 Å². The number of fused-ring (bicyclic) bond motifs is 3. The summed E-state index contributed by atoms with van der Waals surface area (Å²) in [6, 6.07) is 5.67. The van der Waals surface area contributed by atoms with Gasteiger partial charge in [0.2, 0.25) is 5.78 Å². The molecule has 0 N–H and O–H groups in total. The molecule has 4 aromatic rings. The minimum absolute atomic E-state index is 0.321. The van der Waals surface area contributed by atoms with Crippen LogP contribution in [-0.4, -0.2) is 60.8 Å². The molecule has 4 heterocycles. The predicted octanol–water partition coefficient (Wildman–Crippen LogP) is 1.74. The summed E-state index contributed by atoms with van der Waals surface area (Å²) in [5.41, 5.74) is 2.89. The molecule has 1 aliphatic rings. The molecule has 0 bridgehead atoms. The fourth-order valence-electron chi connectivity index (χ4n) is 4.40. The van der Waals surface area contributed by atoms with Gasteiger partial charge in [-0.05, 0) is 31.5 Å². The van der Waals surface area contributed by atoms with Crippen LogP contribution in [0.4, 0.5) is 0 Å². The van der Waals surface area contributed by atoms with Gasteiger partial charge < -0.3 is 4.74 Å². The van der Waals surface area contributed by atoms with Crippen LogP contribution in [0.3, 0.4) is 0 Å². The number of nitrogens with zero attached hydrogens (tertiary/aromatic N) is 6. The summed E-state index contributed by atoms with van der Waals surface area (Å²) in [5, 5.41) is 0.617. The first kappa shape index (κ1) is 21.0. The molecule has 168 valence electrons. The second-order valence-corrected chi connectivity index (χ2v) is 8.68. The van der Waals surface area contributed by atoms with Crippen LogP contribution in [0.25, 0.3) is 22.6 Å². The molecule has 0 amide bonds. The van der Waals surface area contributed by atoms with E-state index < -0.39 is 0 Å². The Labute approximate surface area is 189 Å². The molecule has 5 rings (SSSR count). The van der Waals surface area contributed by atoms with Gasteiger partial charge in [0.05, 0.1) is 18.9 Å². The average molecular weight is 457 g/mol. The Morgan fingerprint density at radius 1 is 1.12 bits per heavy atom. The van der Waals surface area contributed by atoms with Crippen molar-refractivity contribution in [2.45, 2.75) is 20.4 Å². The minimum Gasteiger partial charge on any atom is -0.379 e. The van der Waals surface area contributed by atoms with Gasteiger partial charge in [0.25, 0.3) is 5.56 Å². The lowest BCUT2D eigenvalue weighted by Gasteiger charge is -2.26. The molecular weight excluding hydrogens is 432 g/mol. The summed E-state index contributed by atoms with van der Waals surface area (Å²) >= 11 is 6.26. The summed E-state index contributed by atoms with van der Waals surface area (Å²) in [6.45, 7) is 7.84. The van der Waals surface area contributed by atoms with Gasteiger partial charge in [-0.25, -0.2) is 4.79 Å². The molecule has 0 atom stereocenters. The van der Waals surface area contributed by atoms with E-state index in [4.69, 9.17) is 21.3 Å². The van der Waals surface area contributed by atoms with Gasteiger partial charge in [0.15, 0.2) is 11.2 Å². The fourth-order valence-corrected chi connectivity index (χ4v) is 4.56. The quantitative estimate of drug-likeness (QED) is 0.467. The molecule has 10 heteroatoms. The molecule has 0 unspecified atom stereocenters. The molecule has 0 radical (unpaired) electrons. The van der Waals surface area contributed by atoms with E-state index >= 15 is 0 Å². The van der Waals surface area contributed by atoms with Gasteiger partial charge in [-0.15, -0.1) is 0 Å². The van der Waals surface area contributed by atoms with E-state index in [1.54, 1.807) is 11.4 Å². The SMILES string of the molecule is Cc1ccc(Cl)cc1-n1c(C)cn2c3c(=O)n(CCN4CCOCC4)c(=O)n(C)c3nc12. The molecule has 1 fully saturated rings. The molecule has 1 saturated heterocycles. The van der Waals surface area contributed by atoms with Gasteiger partial charge in [-0.2, -0.15) is 4.98 Å². The number of hydrogen-bond donors (Lipinski definition) is 0. The normalized spacial score (nSPS) is 15.2. The van der Waals surface area contributed by atoms with Gasteiger partial charge in [-0.3, -0.25) is 27.8 Å². The van der Waals surface area contributed by atoms with Crippen LogP contribution in [0.15, 0.2) is 34.0 Å². The number of aryl methyl sites for hydroxylation is 3. The molecule has 0 saturated carbocycles. The number of rotatable bonds is 4. The Morgan fingerprint density at radius 3 is 2.62 bits per heavy atom. The summed E-state index contributed by atoms with van der Waals surface area (Å²) in [7, 11) is 1.66. The minimum atomic E-state index is -0.362. The molecule has 0 aliphatic carbocycles. The second-order valence-electron chi connectivity index (χ2n) is 8.24. The van der Waals surface area contributed by atoms with E-state index in [0.29, 0.717) is 48.3 Å². The number of ether oxygens (including phenoxy) is 1. The average Bonchev–Trinajstić information content (AvgIpc) is 3.29. The lowest BCUT2D eigenvalue weighted by Crippen LogP contribution is -2.44. The van der Waals surface area contributed by atoms with E-state index in [2.05, 4.69) is 4.90 Å². The van der Waals surface area contributed by atoms with E-state index in [-0.39, 0.29) is 11.2 Å². The molecular formula is C22H25ClN6O3. The zero-order valence-corrected chi connectivity index (χ0v) is 19.1. The number of halogens is 1. The van der Waals surface area contributed by atoms with Crippen LogP contribution < -0.4 is 11.2 Å². The van der Waals surface area contributed by atoms with Crippen molar-refractivity contribution < 1.29 is 4.74 Å². The summed E-state index contributed by atoms with van der Waals surface area (Å²) in [4.78, 5) is 33.4. The van der Waals surface area contributed by atoms with Crippen molar-refractivity contribution in [2.24, 2.45) is 7.05 Å². The van der Waals surface area contributed by atoms with Crippen molar-refractivity contribution in [1.29, 1.82) is 0 Å². The summed E-state index contributed by atoms with van der Waals surface area (Å²) in [6.07, 6.45) is 1.88. The zero-order chi connectivity index (χ0) is 22.6. The van der Waals surface area contributed by atoms with Crippen molar-refractivity contribution in [3.8, 4) is 5.69 Å². The van der Waals surface area contributed by atoms with E-state index in [1.807, 2.05) is 42.8 Å². The van der Waals surface area contributed by atoms with Gasteiger partial charge in [0, 0.05) is 50.1 Å². The lowest BCUT2D eigenvalue weighted by molar-refractivity contribution is 0.0361. The fraction of sp³-hybridized carbons (Fsp3) is 0.409. The van der Waals surface area contributed by atoms with Crippen LogP contribution in [0.5, 0.6) is 0 Å². The first-order valence-corrected chi connectivity index (χ1v) is 11.0. The Balaban J connectivity index is 1.69. The third-order valence-electron chi connectivity index (χ3n) is 6.18. The maximum absolute atomic E-state index is 13.4. The van der Waals surface area contributed by atoms with Crippen molar-refractivity contribution in [3.05, 3.63) is 61.5 Å². The Bertz CT molecular complexity index is 1450. The molecule has 9 nitrogen and oxygen atoms in total. The number of benzene rings is 1. The third-order valence-corrected chi connectivity index (χ3v) is 6.42. The molecule has 1 aliphatic heterocycles. The topological polar surface area (TPSA) is 78.7 Å². The van der Waals surface area contributed by atoms with E-state index in [0.717, 1.165) is 30.0 Å². The standard InChI is InChI=1S/C22H25ClN6O3/c1-14-4-5-16(23)12-17(14)29-15(2)13-28-18-19(24-21(28)29)25(3)22(31)27(20(18)30)7-6-26-8-10-32-11-9-26/h4-5,12-13H,6-11H2,1-3H3. The highest BCUT2D eigenvalue weighted by atomic mass is 35.5. The Kier molecular flexibility index (Phi) is 5.19. The number of hydrogen-bond acceptors (Lipinski definition) is 5. The molecule has 0 spiro atoms. The number of morpholine rings is 1. The molecule has 3 aromatic heterocycles. The number of aromatic nitrogens is 5. The predicted molar refractivity (Wildman–Crippen MR) is 123 cm³/mol. The first-order valence-electron chi connectivity index (χ1n) is 10.6. The van der Waals surface area contributed by atoms with Gasteiger partial charge in [-0.1, -0.05) is 17.7 Å². The third kappa shape index (κ3) is 3.28. The highest BCUT2D eigenvalue weighted by Crippen LogP contribution is 2.25. The van der Waals surface area contributed by atoms with Crippen LogP contribution in [0.1, 0.15) is 11.3 Å². The Morgan fingerprint density at radius 2 is 1.88 bits per heavy atom. The van der Waals surface area contributed by atoms with Gasteiger partial charge >= 0.3 is 5.69 Å². The zero-order valence-electron chi connectivity index (χ0n) is 18.3. The summed E-state index contributed by atoms with van der Waals surface area (Å²) in [5.74, 6) is 0.570. The molecule has 1 aromatic carbocycles. The van der Waals surface area contributed by atoms with Crippen LogP contribution in [-0.2, 0) is 18.3 Å². The Hall–Kier alpha value is -2.88. The lowest BCUT2D eigenvalue weighted by atomic mass is 10.2. The van der Waals surface area contributed by atoms with Crippen LogP contribution in [0.2, 0.25) is 5.02 Å². The van der Waals surface area contributed by atoms with E-state index in [9.17, 15) is 9.59 Å². The largest absolute Gasteiger partial charge is 0.379 e.